The molecule has 1 fully saturated rings. The molecule has 0 radical (unpaired) electrons. The van der Waals surface area contributed by atoms with E-state index in [1.165, 1.54) is 29.2 Å². The molecule has 1 aromatic heterocycles. The molecule has 0 aliphatic carbocycles. The Balaban J connectivity index is 1.99. The molecule has 3 rings (SSSR count). The average Bonchev–Trinajstić information content (AvgIpc) is 3.02. The number of aliphatic hydroxyl groups is 1. The van der Waals surface area contributed by atoms with Crippen LogP contribution in [0, 0.1) is 5.82 Å². The lowest BCUT2D eigenvalue weighted by Crippen LogP contribution is -2.33. The van der Waals surface area contributed by atoms with Crippen LogP contribution in [0.15, 0.2) is 54.2 Å². The number of carbonyl (C=O) groups excluding carboxylic acids is 2. The van der Waals surface area contributed by atoms with Gasteiger partial charge in [0.15, 0.2) is 0 Å². The number of ketones is 1. The van der Waals surface area contributed by atoms with E-state index in [2.05, 4.69) is 23.7 Å². The Morgan fingerprint density at radius 2 is 1.83 bits per heavy atom. The van der Waals surface area contributed by atoms with Gasteiger partial charge in [0.05, 0.1) is 11.3 Å². The van der Waals surface area contributed by atoms with E-state index in [1.807, 2.05) is 0 Å². The van der Waals surface area contributed by atoms with Crippen molar-refractivity contribution in [2.24, 2.45) is 0 Å². The van der Waals surface area contributed by atoms with E-state index in [9.17, 15) is 19.1 Å². The van der Waals surface area contributed by atoms with E-state index >= 15 is 0 Å². The minimum absolute atomic E-state index is 0.0202. The Hall–Kier alpha value is -3.06. The number of aliphatic hydroxyl groups excluding tert-OH is 1. The fraction of sp³-hybridized carbons (Fsp3) is 0.348. The first-order valence-corrected chi connectivity index (χ1v) is 10.2. The number of carbonyl (C=O) groups is 2. The van der Waals surface area contributed by atoms with Crippen molar-refractivity contribution in [3.05, 3.63) is 71.3 Å². The molecule has 158 valence electrons. The highest BCUT2D eigenvalue weighted by atomic mass is 19.1. The highest BCUT2D eigenvalue weighted by Crippen LogP contribution is 2.38. The zero-order valence-electron chi connectivity index (χ0n) is 17.2. The standard InChI is InChI=1S/C23H26FN3O3/c1-3-26(4-2)14-7-15-27-20(18-8-5-6-13-25-18)19(22(29)23(27)30)21(28)16-9-11-17(24)12-10-16/h5-6,8-13,20,28H,3-4,7,14-15H2,1-2H3/t20-/m1/s1. The molecular weight excluding hydrogens is 385 g/mol. The normalized spacial score (nSPS) is 18.4. The van der Waals surface area contributed by atoms with E-state index in [0.717, 1.165) is 19.6 Å². The van der Waals surface area contributed by atoms with Crippen LogP contribution in [0.1, 0.15) is 37.6 Å². The summed E-state index contributed by atoms with van der Waals surface area (Å²) in [4.78, 5) is 33.8. The molecule has 1 atom stereocenters. The van der Waals surface area contributed by atoms with Crippen LogP contribution < -0.4 is 0 Å². The Morgan fingerprint density at radius 1 is 1.13 bits per heavy atom. The van der Waals surface area contributed by atoms with Crippen LogP contribution in [-0.4, -0.2) is 57.8 Å². The number of hydrogen-bond acceptors (Lipinski definition) is 5. The van der Waals surface area contributed by atoms with Crippen LogP contribution >= 0.6 is 0 Å². The van der Waals surface area contributed by atoms with Crippen molar-refractivity contribution >= 4 is 17.4 Å². The van der Waals surface area contributed by atoms with Crippen LogP contribution in [0.5, 0.6) is 0 Å². The maximum Gasteiger partial charge on any atom is 0.295 e. The quantitative estimate of drug-likeness (QED) is 0.410. The predicted molar refractivity (Wildman–Crippen MR) is 112 cm³/mol. The summed E-state index contributed by atoms with van der Waals surface area (Å²) in [5.41, 5.74) is 0.759. The summed E-state index contributed by atoms with van der Waals surface area (Å²) < 4.78 is 13.3. The van der Waals surface area contributed by atoms with E-state index in [1.54, 1.807) is 24.4 Å². The molecule has 0 spiro atoms. The summed E-state index contributed by atoms with van der Waals surface area (Å²) in [7, 11) is 0. The largest absolute Gasteiger partial charge is 0.507 e. The SMILES string of the molecule is CCN(CC)CCCN1C(=O)C(=O)C(=C(O)c2ccc(F)cc2)[C@H]1c1ccccn1. The molecule has 1 saturated heterocycles. The molecule has 6 nitrogen and oxygen atoms in total. The van der Waals surface area contributed by atoms with Gasteiger partial charge in [-0.3, -0.25) is 14.6 Å². The van der Waals surface area contributed by atoms with Crippen LogP contribution in [0.4, 0.5) is 4.39 Å². The molecule has 0 unspecified atom stereocenters. The summed E-state index contributed by atoms with van der Waals surface area (Å²) >= 11 is 0. The van der Waals surface area contributed by atoms with Crippen molar-refractivity contribution in [3.8, 4) is 0 Å². The van der Waals surface area contributed by atoms with Gasteiger partial charge in [0.25, 0.3) is 11.7 Å². The highest BCUT2D eigenvalue weighted by molar-refractivity contribution is 6.46. The van der Waals surface area contributed by atoms with E-state index in [4.69, 9.17) is 0 Å². The van der Waals surface area contributed by atoms with Gasteiger partial charge in [-0.15, -0.1) is 0 Å². The number of likely N-dealkylation sites (tertiary alicyclic amines) is 1. The molecule has 0 saturated carbocycles. The Labute approximate surface area is 175 Å². The fourth-order valence-electron chi connectivity index (χ4n) is 3.72. The van der Waals surface area contributed by atoms with Gasteiger partial charge in [-0.05, 0) is 62.5 Å². The topological polar surface area (TPSA) is 73.7 Å². The molecular formula is C23H26FN3O3. The first kappa shape index (κ1) is 21.6. The number of rotatable bonds is 8. The van der Waals surface area contributed by atoms with Crippen molar-refractivity contribution in [1.82, 2.24) is 14.8 Å². The van der Waals surface area contributed by atoms with Gasteiger partial charge in [0, 0.05) is 18.3 Å². The zero-order chi connectivity index (χ0) is 21.7. The molecule has 1 N–H and O–H groups in total. The zero-order valence-corrected chi connectivity index (χ0v) is 17.2. The van der Waals surface area contributed by atoms with Gasteiger partial charge >= 0.3 is 0 Å². The van der Waals surface area contributed by atoms with Gasteiger partial charge < -0.3 is 14.9 Å². The van der Waals surface area contributed by atoms with Crippen molar-refractivity contribution in [2.45, 2.75) is 26.3 Å². The summed E-state index contributed by atoms with van der Waals surface area (Å²) in [5, 5.41) is 10.9. The Morgan fingerprint density at radius 3 is 2.43 bits per heavy atom. The fourth-order valence-corrected chi connectivity index (χ4v) is 3.72. The molecule has 1 aliphatic heterocycles. The number of halogens is 1. The number of benzene rings is 1. The first-order chi connectivity index (χ1) is 14.5. The number of pyridine rings is 1. The second-order valence-corrected chi connectivity index (χ2v) is 7.13. The van der Waals surface area contributed by atoms with E-state index in [0.29, 0.717) is 18.7 Å². The summed E-state index contributed by atoms with van der Waals surface area (Å²) in [5.74, 6) is -2.19. The third-order valence-corrected chi connectivity index (χ3v) is 5.39. The van der Waals surface area contributed by atoms with Crippen molar-refractivity contribution in [2.75, 3.05) is 26.2 Å². The number of aromatic nitrogens is 1. The second kappa shape index (κ2) is 9.63. The maximum absolute atomic E-state index is 13.3. The molecule has 30 heavy (non-hydrogen) atoms. The molecule has 2 aromatic rings. The Kier molecular flexibility index (Phi) is 6.95. The van der Waals surface area contributed by atoms with Crippen LogP contribution in [0.2, 0.25) is 0 Å². The van der Waals surface area contributed by atoms with Crippen molar-refractivity contribution in [1.29, 1.82) is 0 Å². The minimum Gasteiger partial charge on any atom is -0.507 e. The second-order valence-electron chi connectivity index (χ2n) is 7.13. The number of hydrogen-bond donors (Lipinski definition) is 1. The van der Waals surface area contributed by atoms with Crippen LogP contribution in [0.3, 0.4) is 0 Å². The summed E-state index contributed by atoms with van der Waals surface area (Å²) in [6, 6.07) is 9.63. The van der Waals surface area contributed by atoms with Crippen LogP contribution in [-0.2, 0) is 9.59 Å². The van der Waals surface area contributed by atoms with E-state index in [-0.39, 0.29) is 16.9 Å². The number of amides is 1. The van der Waals surface area contributed by atoms with Gasteiger partial charge in [-0.25, -0.2) is 4.39 Å². The predicted octanol–water partition coefficient (Wildman–Crippen LogP) is 3.37. The first-order valence-electron chi connectivity index (χ1n) is 10.2. The maximum atomic E-state index is 13.3. The number of nitrogens with zero attached hydrogens (tertiary/aromatic N) is 3. The molecule has 1 aromatic carbocycles. The van der Waals surface area contributed by atoms with Crippen molar-refractivity contribution in [3.63, 3.8) is 0 Å². The lowest BCUT2D eigenvalue weighted by molar-refractivity contribution is -0.140. The Bertz CT molecular complexity index is 924. The summed E-state index contributed by atoms with van der Waals surface area (Å²) in [6.07, 6.45) is 2.28. The van der Waals surface area contributed by atoms with Gasteiger partial charge in [-0.2, -0.15) is 0 Å². The smallest absolute Gasteiger partial charge is 0.295 e. The third kappa shape index (κ3) is 4.41. The number of Topliss-reactive ketones (excluding diaryl/α,β-unsaturated/α-hetero) is 1. The van der Waals surface area contributed by atoms with Gasteiger partial charge in [-0.1, -0.05) is 19.9 Å². The minimum atomic E-state index is -0.784. The van der Waals surface area contributed by atoms with E-state index < -0.39 is 23.5 Å². The molecule has 7 heteroatoms. The lowest BCUT2D eigenvalue weighted by Gasteiger charge is -2.26. The molecule has 1 amide bonds. The molecule has 2 heterocycles. The summed E-state index contributed by atoms with van der Waals surface area (Å²) in [6.45, 7) is 7.12. The third-order valence-electron chi connectivity index (χ3n) is 5.39. The van der Waals surface area contributed by atoms with Crippen molar-refractivity contribution < 1.29 is 19.1 Å². The monoisotopic (exact) mass is 411 g/mol. The molecule has 0 bridgehead atoms. The highest BCUT2D eigenvalue weighted by Gasteiger charge is 2.46. The molecule has 1 aliphatic rings. The average molecular weight is 411 g/mol. The van der Waals surface area contributed by atoms with Gasteiger partial charge in [0.1, 0.15) is 17.6 Å². The lowest BCUT2D eigenvalue weighted by atomic mass is 9.98. The van der Waals surface area contributed by atoms with Gasteiger partial charge in [0.2, 0.25) is 0 Å². The van der Waals surface area contributed by atoms with Crippen LogP contribution in [0.25, 0.3) is 5.76 Å².